The average molecular weight is 480 g/mol. The number of rotatable bonds is 5. The summed E-state index contributed by atoms with van der Waals surface area (Å²) in [6.07, 6.45) is -4.66. The van der Waals surface area contributed by atoms with Gasteiger partial charge in [-0.2, -0.15) is 13.2 Å². The summed E-state index contributed by atoms with van der Waals surface area (Å²) in [7, 11) is 0. The minimum absolute atomic E-state index is 0. The Bertz CT molecular complexity index is 853. The van der Waals surface area contributed by atoms with Crippen molar-refractivity contribution in [2.24, 2.45) is 5.73 Å². The molecular weight excluding hydrogens is 451 g/mol. The van der Waals surface area contributed by atoms with Gasteiger partial charge in [0, 0.05) is 43.6 Å². The third-order valence-electron chi connectivity index (χ3n) is 5.43. The molecule has 12 heteroatoms. The summed E-state index contributed by atoms with van der Waals surface area (Å²) >= 11 is 0. The van der Waals surface area contributed by atoms with Crippen molar-refractivity contribution in [3.05, 3.63) is 22.8 Å². The zero-order chi connectivity index (χ0) is 22.9. The number of hydrogen-bond acceptors (Lipinski definition) is 6. The first kappa shape index (κ1) is 26.3. The fourth-order valence-corrected chi connectivity index (χ4v) is 3.80. The van der Waals surface area contributed by atoms with E-state index in [0.717, 1.165) is 0 Å². The van der Waals surface area contributed by atoms with Gasteiger partial charge in [0.15, 0.2) is 5.69 Å². The highest BCUT2D eigenvalue weighted by atomic mass is 35.5. The lowest BCUT2D eigenvalue weighted by molar-refractivity contribution is -0.148. The number of carbonyl (C=O) groups excluding carboxylic acids is 2. The molecule has 1 saturated heterocycles. The van der Waals surface area contributed by atoms with Crippen LogP contribution in [-0.4, -0.2) is 70.0 Å². The lowest BCUT2D eigenvalue weighted by Gasteiger charge is -2.34. The van der Waals surface area contributed by atoms with Crippen LogP contribution in [0.25, 0.3) is 0 Å². The highest BCUT2D eigenvalue weighted by molar-refractivity contribution is 5.85. The number of morpholine rings is 1. The molecule has 0 bridgehead atoms. The van der Waals surface area contributed by atoms with Crippen molar-refractivity contribution in [2.75, 3.05) is 26.2 Å². The van der Waals surface area contributed by atoms with Crippen LogP contribution in [-0.2, 0) is 33.5 Å². The van der Waals surface area contributed by atoms with Crippen molar-refractivity contribution in [2.45, 2.75) is 64.4 Å². The van der Waals surface area contributed by atoms with E-state index in [2.05, 4.69) is 9.97 Å². The zero-order valence-electron chi connectivity index (χ0n) is 18.3. The molecule has 3 heterocycles. The largest absolute Gasteiger partial charge is 0.433 e. The van der Waals surface area contributed by atoms with Gasteiger partial charge in [-0.05, 0) is 13.3 Å². The van der Waals surface area contributed by atoms with Crippen molar-refractivity contribution >= 4 is 24.2 Å². The SMILES string of the molecule is CC(C)c1nc2c(c(C(F)(F)F)n1)CCN(C(=O)C[C@H](N)CN1C[C@H](C)OCC1=O)C2.Cl. The number of nitrogens with two attached hydrogens (primary N) is 1. The lowest BCUT2D eigenvalue weighted by atomic mass is 10.0. The Morgan fingerprint density at radius 2 is 2.00 bits per heavy atom. The van der Waals surface area contributed by atoms with E-state index in [0.29, 0.717) is 6.54 Å². The molecule has 0 unspecified atom stereocenters. The number of halogens is 4. The zero-order valence-corrected chi connectivity index (χ0v) is 19.1. The molecule has 2 N–H and O–H groups in total. The molecule has 1 aromatic heterocycles. The van der Waals surface area contributed by atoms with Crippen LogP contribution in [0, 0.1) is 0 Å². The lowest BCUT2D eigenvalue weighted by Crippen LogP contribution is -2.51. The van der Waals surface area contributed by atoms with Crippen LogP contribution in [0.4, 0.5) is 13.2 Å². The van der Waals surface area contributed by atoms with E-state index in [-0.39, 0.29) is 92.4 Å². The highest BCUT2D eigenvalue weighted by Gasteiger charge is 2.39. The molecule has 2 aliphatic rings. The van der Waals surface area contributed by atoms with Crippen molar-refractivity contribution in [3.63, 3.8) is 0 Å². The van der Waals surface area contributed by atoms with Crippen LogP contribution in [0.5, 0.6) is 0 Å². The second-order valence-corrected chi connectivity index (χ2v) is 8.46. The standard InChI is InChI=1S/C20H28F3N5O3.ClH/c1-11(2)19-25-15-9-27(5-4-14(15)18(26-19)20(21,22)23)16(29)6-13(24)8-28-7-12(3)31-10-17(28)30;/h11-13H,4-10,24H2,1-3H3;1H/t12-,13-;/m0./s1. The summed E-state index contributed by atoms with van der Waals surface area (Å²) in [4.78, 5) is 35.8. The Morgan fingerprint density at radius 1 is 1.31 bits per heavy atom. The number of fused-ring (bicyclic) bond motifs is 1. The van der Waals surface area contributed by atoms with Crippen molar-refractivity contribution < 1.29 is 27.5 Å². The van der Waals surface area contributed by atoms with Gasteiger partial charge < -0.3 is 20.3 Å². The molecule has 0 radical (unpaired) electrons. The van der Waals surface area contributed by atoms with E-state index in [1.54, 1.807) is 18.7 Å². The predicted molar refractivity (Wildman–Crippen MR) is 112 cm³/mol. The molecule has 0 aliphatic carbocycles. The molecule has 2 aliphatic heterocycles. The van der Waals surface area contributed by atoms with Crippen LogP contribution < -0.4 is 5.73 Å². The fraction of sp³-hybridized carbons (Fsp3) is 0.700. The summed E-state index contributed by atoms with van der Waals surface area (Å²) < 4.78 is 45.8. The van der Waals surface area contributed by atoms with E-state index in [1.807, 2.05) is 6.92 Å². The molecule has 1 fully saturated rings. The molecule has 32 heavy (non-hydrogen) atoms. The van der Waals surface area contributed by atoms with Crippen molar-refractivity contribution in [1.29, 1.82) is 0 Å². The molecule has 0 aromatic carbocycles. The number of alkyl halides is 3. The van der Waals surface area contributed by atoms with E-state index in [1.165, 1.54) is 4.90 Å². The number of aromatic nitrogens is 2. The van der Waals surface area contributed by atoms with Crippen molar-refractivity contribution in [1.82, 2.24) is 19.8 Å². The summed E-state index contributed by atoms with van der Waals surface area (Å²) in [6, 6.07) is -0.578. The number of hydrogen-bond donors (Lipinski definition) is 1. The first-order chi connectivity index (χ1) is 14.5. The highest BCUT2D eigenvalue weighted by Crippen LogP contribution is 2.34. The Kier molecular flexibility index (Phi) is 8.46. The van der Waals surface area contributed by atoms with E-state index in [9.17, 15) is 22.8 Å². The first-order valence-electron chi connectivity index (χ1n) is 10.3. The van der Waals surface area contributed by atoms with Crippen LogP contribution >= 0.6 is 12.4 Å². The summed E-state index contributed by atoms with van der Waals surface area (Å²) in [5.74, 6) is -0.618. The second-order valence-electron chi connectivity index (χ2n) is 8.46. The topological polar surface area (TPSA) is 102 Å². The molecule has 0 spiro atoms. The van der Waals surface area contributed by atoms with Crippen LogP contribution in [0.1, 0.15) is 55.9 Å². The van der Waals surface area contributed by atoms with Crippen LogP contribution in [0.3, 0.4) is 0 Å². The molecule has 3 rings (SSSR count). The Hall–Kier alpha value is -1.98. The maximum Gasteiger partial charge on any atom is 0.433 e. The van der Waals surface area contributed by atoms with Crippen LogP contribution in [0.2, 0.25) is 0 Å². The minimum Gasteiger partial charge on any atom is -0.367 e. The number of carbonyl (C=O) groups is 2. The number of nitrogens with zero attached hydrogens (tertiary/aromatic N) is 4. The van der Waals surface area contributed by atoms with E-state index in [4.69, 9.17) is 10.5 Å². The monoisotopic (exact) mass is 479 g/mol. The molecule has 0 saturated carbocycles. The van der Waals surface area contributed by atoms with E-state index < -0.39 is 17.9 Å². The normalized spacial score (nSPS) is 20.1. The summed E-state index contributed by atoms with van der Waals surface area (Å²) in [5, 5.41) is 0. The Labute approximate surface area is 191 Å². The third kappa shape index (κ3) is 6.08. The summed E-state index contributed by atoms with van der Waals surface area (Å²) in [6.45, 7) is 6.04. The molecule has 180 valence electrons. The molecule has 2 atom stereocenters. The Morgan fingerprint density at radius 3 is 2.62 bits per heavy atom. The Balaban J connectivity index is 0.00000363. The van der Waals surface area contributed by atoms with Crippen molar-refractivity contribution in [3.8, 4) is 0 Å². The molecule has 2 amide bonds. The van der Waals surface area contributed by atoms with Gasteiger partial charge in [0.25, 0.3) is 0 Å². The second kappa shape index (κ2) is 10.3. The van der Waals surface area contributed by atoms with Gasteiger partial charge >= 0.3 is 6.18 Å². The molecular formula is C20H29ClF3N5O3. The average Bonchev–Trinajstić information content (AvgIpc) is 2.68. The maximum absolute atomic E-state index is 13.5. The van der Waals surface area contributed by atoms with Gasteiger partial charge in [-0.15, -0.1) is 12.4 Å². The minimum atomic E-state index is -4.58. The number of ether oxygens (including phenoxy) is 1. The number of amides is 2. The maximum atomic E-state index is 13.5. The third-order valence-corrected chi connectivity index (χ3v) is 5.43. The van der Waals surface area contributed by atoms with Crippen LogP contribution in [0.15, 0.2) is 0 Å². The van der Waals surface area contributed by atoms with Gasteiger partial charge in [-0.25, -0.2) is 9.97 Å². The molecule has 8 nitrogen and oxygen atoms in total. The summed E-state index contributed by atoms with van der Waals surface area (Å²) in [5.41, 5.74) is 5.48. The van der Waals surface area contributed by atoms with E-state index >= 15 is 0 Å². The van der Waals surface area contributed by atoms with Gasteiger partial charge in [0.1, 0.15) is 12.4 Å². The quantitative estimate of drug-likeness (QED) is 0.692. The fourth-order valence-electron chi connectivity index (χ4n) is 3.80. The van der Waals surface area contributed by atoms with Gasteiger partial charge in [0.05, 0.1) is 18.3 Å². The molecule has 1 aromatic rings. The van der Waals surface area contributed by atoms with Gasteiger partial charge in [-0.3, -0.25) is 9.59 Å². The van der Waals surface area contributed by atoms with Gasteiger partial charge in [0.2, 0.25) is 11.8 Å². The first-order valence-corrected chi connectivity index (χ1v) is 10.3. The predicted octanol–water partition coefficient (Wildman–Crippen LogP) is 1.89. The smallest absolute Gasteiger partial charge is 0.367 e. The van der Waals surface area contributed by atoms with Gasteiger partial charge in [-0.1, -0.05) is 13.8 Å².